The normalized spacial score (nSPS) is 18.8. The van der Waals surface area contributed by atoms with Crippen LogP contribution in [0.15, 0.2) is 0 Å². The summed E-state index contributed by atoms with van der Waals surface area (Å²) in [7, 11) is 0. The molecule has 0 aliphatic rings. The SMILES string of the molecule is CC(C)[C@@H](F)[C@H](C)F. The third kappa shape index (κ3) is 2.24. The molecule has 0 rings (SSSR count). The molecular weight excluding hydrogens is 110 g/mol. The van der Waals surface area contributed by atoms with Gasteiger partial charge < -0.3 is 0 Å². The van der Waals surface area contributed by atoms with Crippen LogP contribution in [0.25, 0.3) is 0 Å². The molecule has 0 spiro atoms. The second-order valence-corrected chi connectivity index (χ2v) is 2.37. The molecule has 0 bridgehead atoms. The smallest absolute Gasteiger partial charge is 0.133 e. The van der Waals surface area contributed by atoms with Gasteiger partial charge in [0.2, 0.25) is 0 Å². The minimum atomic E-state index is -1.32. The van der Waals surface area contributed by atoms with Crippen LogP contribution in [0.5, 0.6) is 0 Å². The van der Waals surface area contributed by atoms with Crippen LogP contribution >= 0.6 is 0 Å². The van der Waals surface area contributed by atoms with Crippen LogP contribution < -0.4 is 0 Å². The predicted octanol–water partition coefficient (Wildman–Crippen LogP) is 2.34. The van der Waals surface area contributed by atoms with Crippen LogP contribution in [0.1, 0.15) is 20.8 Å². The molecule has 0 aliphatic heterocycles. The average molecular weight is 122 g/mol. The summed E-state index contributed by atoms with van der Waals surface area (Å²) in [5, 5.41) is 0. The highest BCUT2D eigenvalue weighted by Gasteiger charge is 2.18. The lowest BCUT2D eigenvalue weighted by molar-refractivity contribution is 0.138. The fourth-order valence-electron chi connectivity index (χ4n) is 0.530. The Morgan fingerprint density at radius 2 is 1.38 bits per heavy atom. The van der Waals surface area contributed by atoms with E-state index in [2.05, 4.69) is 0 Å². The van der Waals surface area contributed by atoms with Gasteiger partial charge in [0.05, 0.1) is 0 Å². The van der Waals surface area contributed by atoms with E-state index >= 15 is 0 Å². The second kappa shape index (κ2) is 3.00. The molecule has 0 heterocycles. The van der Waals surface area contributed by atoms with E-state index < -0.39 is 12.3 Å². The van der Waals surface area contributed by atoms with Gasteiger partial charge >= 0.3 is 0 Å². The van der Waals surface area contributed by atoms with Gasteiger partial charge in [-0.1, -0.05) is 13.8 Å². The van der Waals surface area contributed by atoms with Crippen molar-refractivity contribution in [3.8, 4) is 0 Å². The number of hydrogen-bond acceptors (Lipinski definition) is 0. The lowest BCUT2D eigenvalue weighted by atomic mass is 10.1. The van der Waals surface area contributed by atoms with E-state index in [0.717, 1.165) is 0 Å². The Morgan fingerprint density at radius 1 is 1.00 bits per heavy atom. The highest BCUT2D eigenvalue weighted by molar-refractivity contribution is 4.65. The van der Waals surface area contributed by atoms with Crippen LogP contribution in [0, 0.1) is 5.92 Å². The first-order chi connectivity index (χ1) is 3.55. The van der Waals surface area contributed by atoms with E-state index in [0.29, 0.717) is 0 Å². The first-order valence-electron chi connectivity index (χ1n) is 2.84. The molecule has 0 saturated heterocycles. The standard InChI is InChI=1S/C6H12F2/c1-4(2)6(8)5(3)7/h4-6H,1-3H3/t5-,6+/m0/s1. The molecule has 2 atom stereocenters. The highest BCUT2D eigenvalue weighted by atomic mass is 19.2. The fourth-order valence-corrected chi connectivity index (χ4v) is 0.530. The lowest BCUT2D eigenvalue weighted by Gasteiger charge is -2.11. The van der Waals surface area contributed by atoms with E-state index in [9.17, 15) is 8.78 Å². The molecule has 0 nitrogen and oxygen atoms in total. The van der Waals surface area contributed by atoms with Crippen molar-refractivity contribution in [3.63, 3.8) is 0 Å². The number of hydrogen-bond donors (Lipinski definition) is 0. The van der Waals surface area contributed by atoms with Crippen molar-refractivity contribution in [2.24, 2.45) is 5.92 Å². The van der Waals surface area contributed by atoms with Crippen molar-refractivity contribution in [2.75, 3.05) is 0 Å². The second-order valence-electron chi connectivity index (χ2n) is 2.37. The largest absolute Gasteiger partial charge is 0.245 e. The van der Waals surface area contributed by atoms with Gasteiger partial charge in [0.1, 0.15) is 12.3 Å². The molecule has 0 aliphatic carbocycles. The van der Waals surface area contributed by atoms with Gasteiger partial charge in [-0.25, -0.2) is 8.78 Å². The first-order valence-corrected chi connectivity index (χ1v) is 2.84. The van der Waals surface area contributed by atoms with Crippen LogP contribution in [0.4, 0.5) is 8.78 Å². The zero-order valence-corrected chi connectivity index (χ0v) is 5.49. The Hall–Kier alpha value is -0.140. The molecule has 0 amide bonds. The number of halogens is 2. The summed E-state index contributed by atoms with van der Waals surface area (Å²) >= 11 is 0. The van der Waals surface area contributed by atoms with E-state index in [1.807, 2.05) is 0 Å². The quantitative estimate of drug-likeness (QED) is 0.527. The van der Waals surface area contributed by atoms with Crippen molar-refractivity contribution >= 4 is 0 Å². The van der Waals surface area contributed by atoms with Crippen molar-refractivity contribution in [1.82, 2.24) is 0 Å². The van der Waals surface area contributed by atoms with Crippen LogP contribution in [0.3, 0.4) is 0 Å². The molecule has 0 fully saturated rings. The Kier molecular flexibility index (Phi) is 2.95. The fraction of sp³-hybridized carbons (Fsp3) is 1.00. The van der Waals surface area contributed by atoms with Crippen molar-refractivity contribution in [1.29, 1.82) is 0 Å². The Bertz CT molecular complexity index is 51.5. The van der Waals surface area contributed by atoms with Gasteiger partial charge in [-0.2, -0.15) is 0 Å². The van der Waals surface area contributed by atoms with Gasteiger partial charge in [0.25, 0.3) is 0 Å². The maximum Gasteiger partial charge on any atom is 0.133 e. The zero-order valence-electron chi connectivity index (χ0n) is 5.49. The number of rotatable bonds is 2. The van der Waals surface area contributed by atoms with Crippen molar-refractivity contribution < 1.29 is 8.78 Å². The maximum absolute atomic E-state index is 12.3. The molecule has 0 radical (unpaired) electrons. The Morgan fingerprint density at radius 3 is 1.38 bits per heavy atom. The zero-order chi connectivity index (χ0) is 6.73. The van der Waals surface area contributed by atoms with Gasteiger partial charge in [0, 0.05) is 0 Å². The van der Waals surface area contributed by atoms with Crippen LogP contribution in [-0.2, 0) is 0 Å². The highest BCUT2D eigenvalue weighted by Crippen LogP contribution is 2.12. The predicted molar refractivity (Wildman–Crippen MR) is 30.3 cm³/mol. The summed E-state index contributed by atoms with van der Waals surface area (Å²) in [6.45, 7) is 4.58. The van der Waals surface area contributed by atoms with E-state index in [1.165, 1.54) is 6.92 Å². The minimum absolute atomic E-state index is 0.199. The molecular formula is C6H12F2. The lowest BCUT2D eigenvalue weighted by Crippen LogP contribution is -2.19. The monoisotopic (exact) mass is 122 g/mol. The summed E-state index contributed by atoms with van der Waals surface area (Å²) in [5.41, 5.74) is 0. The third-order valence-electron chi connectivity index (χ3n) is 1.08. The Labute approximate surface area is 48.9 Å². The molecule has 0 unspecified atom stereocenters. The van der Waals surface area contributed by atoms with Crippen LogP contribution in [0.2, 0.25) is 0 Å². The molecule has 8 heavy (non-hydrogen) atoms. The Balaban J connectivity index is 3.46. The molecule has 0 N–H and O–H groups in total. The maximum atomic E-state index is 12.3. The summed E-state index contributed by atoms with van der Waals surface area (Å²) < 4.78 is 24.2. The molecule has 0 aromatic carbocycles. The summed E-state index contributed by atoms with van der Waals surface area (Å²) in [4.78, 5) is 0. The summed E-state index contributed by atoms with van der Waals surface area (Å²) in [6.07, 6.45) is -2.62. The van der Waals surface area contributed by atoms with Gasteiger partial charge in [-0.05, 0) is 12.8 Å². The van der Waals surface area contributed by atoms with E-state index in [4.69, 9.17) is 0 Å². The minimum Gasteiger partial charge on any atom is -0.245 e. The molecule has 0 saturated carbocycles. The topological polar surface area (TPSA) is 0 Å². The third-order valence-corrected chi connectivity index (χ3v) is 1.08. The first kappa shape index (κ1) is 7.86. The number of alkyl halides is 2. The van der Waals surface area contributed by atoms with Gasteiger partial charge in [-0.15, -0.1) is 0 Å². The summed E-state index contributed by atoms with van der Waals surface area (Å²) in [5.74, 6) is -0.199. The van der Waals surface area contributed by atoms with Crippen molar-refractivity contribution in [3.05, 3.63) is 0 Å². The van der Waals surface area contributed by atoms with E-state index in [-0.39, 0.29) is 5.92 Å². The van der Waals surface area contributed by atoms with Crippen molar-refractivity contribution in [2.45, 2.75) is 33.1 Å². The molecule has 0 aromatic heterocycles. The van der Waals surface area contributed by atoms with Gasteiger partial charge in [0.15, 0.2) is 0 Å². The van der Waals surface area contributed by atoms with E-state index in [1.54, 1.807) is 13.8 Å². The molecule has 2 heteroatoms. The molecule has 50 valence electrons. The van der Waals surface area contributed by atoms with Crippen LogP contribution in [-0.4, -0.2) is 12.3 Å². The average Bonchev–Trinajstić information content (AvgIpc) is 1.64. The van der Waals surface area contributed by atoms with Gasteiger partial charge in [-0.3, -0.25) is 0 Å². The summed E-state index contributed by atoms with van der Waals surface area (Å²) in [6, 6.07) is 0. The molecule has 0 aromatic rings.